The van der Waals surface area contributed by atoms with Crippen molar-refractivity contribution in [1.29, 1.82) is 0 Å². The van der Waals surface area contributed by atoms with Crippen molar-refractivity contribution in [2.45, 2.75) is 39.5 Å². The van der Waals surface area contributed by atoms with Crippen LogP contribution in [0.5, 0.6) is 5.88 Å². The largest absolute Gasteiger partial charge is 0.477 e. The van der Waals surface area contributed by atoms with Crippen LogP contribution in [0.1, 0.15) is 39.5 Å². The maximum atomic E-state index is 5.49. The monoisotopic (exact) mass is 318 g/mol. The minimum atomic E-state index is 0.633. The van der Waals surface area contributed by atoms with Crippen molar-refractivity contribution >= 4 is 5.82 Å². The first-order valence-corrected chi connectivity index (χ1v) is 9.16. The lowest BCUT2D eigenvalue weighted by Crippen LogP contribution is -2.43. The van der Waals surface area contributed by atoms with Gasteiger partial charge < -0.3 is 14.5 Å². The van der Waals surface area contributed by atoms with E-state index in [1.165, 1.54) is 45.3 Å². The Balaban J connectivity index is 1.56. The van der Waals surface area contributed by atoms with Gasteiger partial charge in [-0.15, -0.1) is 0 Å². The molecule has 2 aliphatic rings. The lowest BCUT2D eigenvalue weighted by Gasteiger charge is -2.38. The van der Waals surface area contributed by atoms with Crippen LogP contribution in [-0.2, 0) is 0 Å². The van der Waals surface area contributed by atoms with Crippen molar-refractivity contribution in [2.75, 3.05) is 44.2 Å². The molecular weight excluding hydrogens is 288 g/mol. The molecule has 0 amide bonds. The highest BCUT2D eigenvalue weighted by Crippen LogP contribution is 2.25. The van der Waals surface area contributed by atoms with Crippen LogP contribution in [0.15, 0.2) is 12.4 Å². The quantitative estimate of drug-likeness (QED) is 0.835. The molecule has 0 aromatic carbocycles. The van der Waals surface area contributed by atoms with Crippen LogP contribution in [-0.4, -0.2) is 54.2 Å². The third kappa shape index (κ3) is 4.56. The molecular formula is C18H30N4O. The molecule has 128 valence electrons. The normalized spacial score (nSPS) is 23.9. The summed E-state index contributed by atoms with van der Waals surface area (Å²) in [6.45, 7) is 11.0. The van der Waals surface area contributed by atoms with Crippen molar-refractivity contribution in [3.05, 3.63) is 12.4 Å². The van der Waals surface area contributed by atoms with Gasteiger partial charge in [0, 0.05) is 19.6 Å². The Morgan fingerprint density at radius 1 is 1.17 bits per heavy atom. The fourth-order valence-corrected chi connectivity index (χ4v) is 3.74. The van der Waals surface area contributed by atoms with E-state index in [0.29, 0.717) is 12.5 Å². The molecule has 0 N–H and O–H groups in total. The van der Waals surface area contributed by atoms with E-state index >= 15 is 0 Å². The number of hydrogen-bond donors (Lipinski definition) is 0. The van der Waals surface area contributed by atoms with Gasteiger partial charge in [-0.25, -0.2) is 0 Å². The third-order valence-corrected chi connectivity index (χ3v) is 5.13. The molecule has 0 spiro atoms. The van der Waals surface area contributed by atoms with Gasteiger partial charge in [0.15, 0.2) is 5.82 Å². The summed E-state index contributed by atoms with van der Waals surface area (Å²) in [6, 6.07) is 0. The van der Waals surface area contributed by atoms with Gasteiger partial charge >= 0.3 is 0 Å². The van der Waals surface area contributed by atoms with Crippen molar-refractivity contribution < 1.29 is 4.74 Å². The molecule has 1 aromatic heterocycles. The standard InChI is InChI=1S/C18H30N4O/c1-3-23-18-12-19-11-17(20-18)22-8-4-5-16(14-22)13-21-9-6-15(2)7-10-21/h11-12,15-16H,3-10,13-14H2,1-2H3. The fraction of sp³-hybridized carbons (Fsp3) is 0.778. The molecule has 5 nitrogen and oxygen atoms in total. The summed E-state index contributed by atoms with van der Waals surface area (Å²) in [5.41, 5.74) is 0. The molecule has 3 rings (SSSR count). The fourth-order valence-electron chi connectivity index (χ4n) is 3.74. The first-order chi connectivity index (χ1) is 11.2. The number of anilines is 1. The lowest BCUT2D eigenvalue weighted by molar-refractivity contribution is 0.159. The number of rotatable bonds is 5. The van der Waals surface area contributed by atoms with Gasteiger partial charge in [-0.1, -0.05) is 6.92 Å². The molecule has 1 atom stereocenters. The highest BCUT2D eigenvalue weighted by molar-refractivity contribution is 5.38. The van der Waals surface area contributed by atoms with E-state index in [9.17, 15) is 0 Å². The Morgan fingerprint density at radius 3 is 2.78 bits per heavy atom. The Morgan fingerprint density at radius 2 is 2.00 bits per heavy atom. The van der Waals surface area contributed by atoms with Gasteiger partial charge in [-0.3, -0.25) is 4.98 Å². The minimum absolute atomic E-state index is 0.633. The Labute approximate surface area is 140 Å². The van der Waals surface area contributed by atoms with E-state index < -0.39 is 0 Å². The highest BCUT2D eigenvalue weighted by atomic mass is 16.5. The maximum Gasteiger partial charge on any atom is 0.234 e. The lowest BCUT2D eigenvalue weighted by atomic mass is 9.94. The Kier molecular flexibility index (Phi) is 5.70. The van der Waals surface area contributed by atoms with Gasteiger partial charge in [-0.2, -0.15) is 4.98 Å². The molecule has 3 heterocycles. The van der Waals surface area contributed by atoms with Crippen LogP contribution in [0.25, 0.3) is 0 Å². The van der Waals surface area contributed by atoms with Crippen LogP contribution < -0.4 is 9.64 Å². The summed E-state index contributed by atoms with van der Waals surface area (Å²) in [7, 11) is 0. The van der Waals surface area contributed by atoms with Gasteiger partial charge in [-0.05, 0) is 57.5 Å². The smallest absolute Gasteiger partial charge is 0.234 e. The van der Waals surface area contributed by atoms with Gasteiger partial charge in [0.1, 0.15) is 0 Å². The highest BCUT2D eigenvalue weighted by Gasteiger charge is 2.25. The van der Waals surface area contributed by atoms with E-state index in [-0.39, 0.29) is 0 Å². The van der Waals surface area contributed by atoms with E-state index in [1.54, 1.807) is 6.20 Å². The van der Waals surface area contributed by atoms with E-state index in [2.05, 4.69) is 26.7 Å². The summed E-state index contributed by atoms with van der Waals surface area (Å²) in [6.07, 6.45) is 8.87. The van der Waals surface area contributed by atoms with Crippen molar-refractivity contribution in [2.24, 2.45) is 11.8 Å². The molecule has 0 saturated carbocycles. The second kappa shape index (κ2) is 7.95. The Hall–Kier alpha value is -1.36. The molecule has 2 saturated heterocycles. The number of piperidine rings is 2. The number of ether oxygens (including phenoxy) is 1. The SMILES string of the molecule is CCOc1cncc(N2CCCC(CN3CCC(C)CC3)C2)n1. The molecule has 1 aromatic rings. The van der Waals surface area contributed by atoms with Gasteiger partial charge in [0.25, 0.3) is 0 Å². The summed E-state index contributed by atoms with van der Waals surface area (Å²) >= 11 is 0. The number of likely N-dealkylation sites (tertiary alicyclic amines) is 1. The third-order valence-electron chi connectivity index (χ3n) is 5.13. The number of aromatic nitrogens is 2. The maximum absolute atomic E-state index is 5.49. The molecule has 2 fully saturated rings. The van der Waals surface area contributed by atoms with Crippen molar-refractivity contribution in [3.63, 3.8) is 0 Å². The van der Waals surface area contributed by atoms with Crippen LogP contribution in [0.4, 0.5) is 5.82 Å². The zero-order valence-electron chi connectivity index (χ0n) is 14.6. The van der Waals surface area contributed by atoms with Gasteiger partial charge in [0.05, 0.1) is 19.0 Å². The second-order valence-corrected chi connectivity index (χ2v) is 7.09. The average Bonchev–Trinajstić information content (AvgIpc) is 2.58. The van der Waals surface area contributed by atoms with E-state index in [1.807, 2.05) is 13.1 Å². The molecule has 0 radical (unpaired) electrons. The predicted molar refractivity (Wildman–Crippen MR) is 93.0 cm³/mol. The van der Waals surface area contributed by atoms with Crippen LogP contribution >= 0.6 is 0 Å². The van der Waals surface area contributed by atoms with Crippen LogP contribution in [0.3, 0.4) is 0 Å². The van der Waals surface area contributed by atoms with Crippen LogP contribution in [0.2, 0.25) is 0 Å². The minimum Gasteiger partial charge on any atom is -0.477 e. The molecule has 1 unspecified atom stereocenters. The molecule has 5 heteroatoms. The summed E-state index contributed by atoms with van der Waals surface area (Å²) in [5.74, 6) is 3.26. The van der Waals surface area contributed by atoms with Crippen molar-refractivity contribution in [1.82, 2.24) is 14.9 Å². The van der Waals surface area contributed by atoms with Crippen molar-refractivity contribution in [3.8, 4) is 5.88 Å². The number of nitrogens with zero attached hydrogens (tertiary/aromatic N) is 4. The zero-order valence-corrected chi connectivity index (χ0v) is 14.6. The van der Waals surface area contributed by atoms with E-state index in [4.69, 9.17) is 4.74 Å². The topological polar surface area (TPSA) is 41.5 Å². The molecule has 0 aliphatic carbocycles. The summed E-state index contributed by atoms with van der Waals surface area (Å²) < 4.78 is 5.49. The Bertz CT molecular complexity index is 488. The molecule has 0 bridgehead atoms. The number of hydrogen-bond acceptors (Lipinski definition) is 5. The van der Waals surface area contributed by atoms with Crippen LogP contribution in [0, 0.1) is 11.8 Å². The molecule has 23 heavy (non-hydrogen) atoms. The zero-order chi connectivity index (χ0) is 16.1. The average molecular weight is 318 g/mol. The van der Waals surface area contributed by atoms with E-state index in [0.717, 1.165) is 30.7 Å². The summed E-state index contributed by atoms with van der Waals surface area (Å²) in [5, 5.41) is 0. The molecule has 2 aliphatic heterocycles. The van der Waals surface area contributed by atoms with Gasteiger partial charge in [0.2, 0.25) is 5.88 Å². The summed E-state index contributed by atoms with van der Waals surface area (Å²) in [4.78, 5) is 13.9. The second-order valence-electron chi connectivity index (χ2n) is 7.09. The first-order valence-electron chi connectivity index (χ1n) is 9.16. The predicted octanol–water partition coefficient (Wildman–Crippen LogP) is 2.82. The first kappa shape index (κ1) is 16.5.